The number of carbonyl (C=O) groups excluding carboxylic acids is 1. The molecule has 0 unspecified atom stereocenters. The van der Waals surface area contributed by atoms with Crippen molar-refractivity contribution in [2.45, 2.75) is 162 Å². The van der Waals surface area contributed by atoms with Gasteiger partial charge >= 0.3 is 5.97 Å². The van der Waals surface area contributed by atoms with E-state index in [4.69, 9.17) is 14.2 Å². The van der Waals surface area contributed by atoms with E-state index in [1.807, 2.05) is 6.92 Å². The van der Waals surface area contributed by atoms with Gasteiger partial charge in [-0.1, -0.05) is 141 Å². The van der Waals surface area contributed by atoms with Crippen molar-refractivity contribution in [3.05, 3.63) is 89.0 Å². The maximum Gasteiger partial charge on any atom is 0.343 e. The number of halogens is 2. The molecule has 0 N–H and O–H groups in total. The van der Waals surface area contributed by atoms with E-state index < -0.39 is 17.6 Å². The first kappa shape index (κ1) is 43.6. The fourth-order valence-corrected chi connectivity index (χ4v) is 6.30. The van der Waals surface area contributed by atoms with E-state index in [0.29, 0.717) is 23.5 Å². The highest BCUT2D eigenvalue weighted by molar-refractivity contribution is 5.91. The molecule has 0 saturated carbocycles. The smallest absolute Gasteiger partial charge is 0.343 e. The van der Waals surface area contributed by atoms with Crippen LogP contribution in [0.4, 0.5) is 8.78 Å². The third-order valence-corrected chi connectivity index (χ3v) is 9.56. The first-order valence-electron chi connectivity index (χ1n) is 20.6. The lowest BCUT2D eigenvalue weighted by Gasteiger charge is -2.15. The first-order valence-corrected chi connectivity index (χ1v) is 20.6. The second kappa shape index (κ2) is 26.8. The molecular formula is C47H64F2O4. The summed E-state index contributed by atoms with van der Waals surface area (Å²) in [7, 11) is 0. The van der Waals surface area contributed by atoms with Crippen LogP contribution >= 0.6 is 0 Å². The molecule has 53 heavy (non-hydrogen) atoms. The summed E-state index contributed by atoms with van der Waals surface area (Å²) in [5.41, 5.74) is 1.30. The maximum atomic E-state index is 14.7. The van der Waals surface area contributed by atoms with Crippen molar-refractivity contribution in [3.63, 3.8) is 0 Å². The van der Waals surface area contributed by atoms with Gasteiger partial charge in [0.15, 0.2) is 23.1 Å². The Hall–Kier alpha value is -3.85. The van der Waals surface area contributed by atoms with Crippen molar-refractivity contribution in [2.24, 2.45) is 0 Å². The van der Waals surface area contributed by atoms with Gasteiger partial charge in [-0.25, -0.2) is 13.6 Å². The summed E-state index contributed by atoms with van der Waals surface area (Å²) in [4.78, 5) is 12.7. The molecule has 3 aromatic rings. The van der Waals surface area contributed by atoms with E-state index in [9.17, 15) is 13.6 Å². The molecule has 0 amide bonds. The van der Waals surface area contributed by atoms with Crippen LogP contribution in [0.3, 0.4) is 0 Å². The molecular weight excluding hydrogens is 667 g/mol. The molecule has 0 aliphatic rings. The van der Waals surface area contributed by atoms with Gasteiger partial charge in [0, 0.05) is 11.1 Å². The Morgan fingerprint density at radius 2 is 1.08 bits per heavy atom. The predicted octanol–water partition coefficient (Wildman–Crippen LogP) is 14.0. The number of ether oxygens (including phenoxy) is 3. The van der Waals surface area contributed by atoms with E-state index in [2.05, 4.69) is 25.7 Å². The molecule has 0 spiro atoms. The molecule has 3 rings (SSSR count). The summed E-state index contributed by atoms with van der Waals surface area (Å²) >= 11 is 0. The molecule has 4 nitrogen and oxygen atoms in total. The van der Waals surface area contributed by atoms with Gasteiger partial charge in [0.25, 0.3) is 0 Å². The third kappa shape index (κ3) is 18.7. The normalized spacial score (nSPS) is 11.5. The minimum Gasteiger partial charge on any atom is -0.491 e. The molecule has 0 fully saturated rings. The zero-order valence-electron chi connectivity index (χ0n) is 32.8. The molecule has 0 aliphatic carbocycles. The fourth-order valence-electron chi connectivity index (χ4n) is 6.30. The van der Waals surface area contributed by atoms with E-state index in [-0.39, 0.29) is 23.2 Å². The zero-order chi connectivity index (χ0) is 37.9. The molecule has 0 bridgehead atoms. The SMILES string of the molecule is CCCCCCCCCCCCCCCCCCOc1ccc(C(=O)Oc2ccc(C#Cc3ccc(O[C@@H](C)CCCCCC)c(F)c3)cc2)cc1F. The summed E-state index contributed by atoms with van der Waals surface area (Å²) in [6.45, 7) is 6.85. The van der Waals surface area contributed by atoms with Crippen molar-refractivity contribution in [1.82, 2.24) is 0 Å². The molecule has 1 atom stereocenters. The van der Waals surface area contributed by atoms with Gasteiger partial charge in [-0.3, -0.25) is 0 Å². The number of carbonyl (C=O) groups is 1. The van der Waals surface area contributed by atoms with Gasteiger partial charge in [-0.15, -0.1) is 0 Å². The standard InChI is InChI=1S/C47H64F2O4/c1-4-6-8-10-11-12-13-14-15-16-17-18-19-20-21-23-35-51-45-34-30-41(37-44(45)49)47(50)53-42-31-27-39(28-32-42)25-26-40-29-33-46(43(48)36-40)52-38(3)24-22-9-7-5-2/h27-34,36-38H,4-24,35H2,1-3H3/t38-/m0/s1. The van der Waals surface area contributed by atoms with Gasteiger partial charge in [0.2, 0.25) is 0 Å². The third-order valence-electron chi connectivity index (χ3n) is 9.56. The monoisotopic (exact) mass is 730 g/mol. The molecule has 290 valence electrons. The lowest BCUT2D eigenvalue weighted by atomic mass is 10.0. The Labute approximate surface area is 319 Å². The number of hydrogen-bond donors (Lipinski definition) is 0. The first-order chi connectivity index (χ1) is 25.9. The van der Waals surface area contributed by atoms with E-state index in [1.54, 1.807) is 36.4 Å². The topological polar surface area (TPSA) is 44.8 Å². The number of benzene rings is 3. The minimum absolute atomic E-state index is 0.0541. The molecule has 0 aliphatic heterocycles. The highest BCUT2D eigenvalue weighted by atomic mass is 19.1. The van der Waals surface area contributed by atoms with E-state index in [0.717, 1.165) is 38.2 Å². The second-order valence-corrected chi connectivity index (χ2v) is 14.4. The fraction of sp³-hybridized carbons (Fsp3) is 0.553. The van der Waals surface area contributed by atoms with Crippen molar-refractivity contribution in [2.75, 3.05) is 6.61 Å². The average molecular weight is 731 g/mol. The maximum absolute atomic E-state index is 14.7. The van der Waals surface area contributed by atoms with Crippen molar-refractivity contribution in [3.8, 4) is 29.1 Å². The van der Waals surface area contributed by atoms with Crippen molar-refractivity contribution >= 4 is 5.97 Å². The van der Waals surface area contributed by atoms with Crippen molar-refractivity contribution in [1.29, 1.82) is 0 Å². The molecule has 3 aromatic carbocycles. The van der Waals surface area contributed by atoms with Crippen LogP contribution in [0.2, 0.25) is 0 Å². The highest BCUT2D eigenvalue weighted by Gasteiger charge is 2.13. The second-order valence-electron chi connectivity index (χ2n) is 14.4. The van der Waals surface area contributed by atoms with Gasteiger partial charge in [-0.2, -0.15) is 0 Å². The van der Waals surface area contributed by atoms with Crippen LogP contribution in [0.15, 0.2) is 60.7 Å². The van der Waals surface area contributed by atoms with Gasteiger partial charge in [0.1, 0.15) is 5.75 Å². The number of esters is 1. The van der Waals surface area contributed by atoms with Gasteiger partial charge in [0.05, 0.1) is 18.3 Å². The van der Waals surface area contributed by atoms with E-state index in [1.165, 1.54) is 121 Å². The molecule has 0 heterocycles. The predicted molar refractivity (Wildman–Crippen MR) is 214 cm³/mol. The lowest BCUT2D eigenvalue weighted by Crippen LogP contribution is -2.12. The summed E-state index contributed by atoms with van der Waals surface area (Å²) < 4.78 is 46.3. The summed E-state index contributed by atoms with van der Waals surface area (Å²) in [6.07, 6.45) is 26.2. The largest absolute Gasteiger partial charge is 0.491 e. The molecule has 0 aromatic heterocycles. The Kier molecular flexibility index (Phi) is 22.1. The number of hydrogen-bond acceptors (Lipinski definition) is 4. The Morgan fingerprint density at radius 1 is 0.585 bits per heavy atom. The van der Waals surface area contributed by atoms with E-state index >= 15 is 0 Å². The minimum atomic E-state index is -0.667. The van der Waals surface area contributed by atoms with Crippen LogP contribution < -0.4 is 14.2 Å². The highest BCUT2D eigenvalue weighted by Crippen LogP contribution is 2.23. The van der Waals surface area contributed by atoms with Crippen LogP contribution in [0.1, 0.15) is 177 Å². The molecule has 0 saturated heterocycles. The average Bonchev–Trinajstić information content (AvgIpc) is 3.16. The van der Waals surface area contributed by atoms with Crippen LogP contribution in [0, 0.1) is 23.5 Å². The summed E-state index contributed by atoms with van der Waals surface area (Å²) in [5.74, 6) is 4.95. The molecule has 0 radical (unpaired) electrons. The van der Waals surface area contributed by atoms with Gasteiger partial charge in [-0.05, 0) is 86.8 Å². The Bertz CT molecular complexity index is 1510. The lowest BCUT2D eigenvalue weighted by molar-refractivity contribution is 0.0734. The number of unbranched alkanes of at least 4 members (excludes halogenated alkanes) is 18. The van der Waals surface area contributed by atoms with Crippen LogP contribution in [-0.4, -0.2) is 18.7 Å². The number of rotatable bonds is 27. The van der Waals surface area contributed by atoms with Gasteiger partial charge < -0.3 is 14.2 Å². The Morgan fingerprint density at radius 3 is 1.64 bits per heavy atom. The Balaban J connectivity index is 1.30. The summed E-state index contributed by atoms with van der Waals surface area (Å²) in [6, 6.07) is 15.5. The van der Waals surface area contributed by atoms with Crippen LogP contribution in [0.25, 0.3) is 0 Å². The van der Waals surface area contributed by atoms with Crippen LogP contribution in [-0.2, 0) is 0 Å². The summed E-state index contributed by atoms with van der Waals surface area (Å²) in [5, 5.41) is 0. The molecule has 6 heteroatoms. The quantitative estimate of drug-likeness (QED) is 0.0339. The zero-order valence-corrected chi connectivity index (χ0v) is 32.8. The van der Waals surface area contributed by atoms with Crippen molar-refractivity contribution < 1.29 is 27.8 Å². The van der Waals surface area contributed by atoms with Crippen LogP contribution in [0.5, 0.6) is 17.2 Å².